The van der Waals surface area contributed by atoms with Crippen LogP contribution in [0.2, 0.25) is 0 Å². The number of aromatic nitrogens is 2. The zero-order valence-corrected chi connectivity index (χ0v) is 29.2. The van der Waals surface area contributed by atoms with Crippen molar-refractivity contribution in [2.75, 3.05) is 18.0 Å². The van der Waals surface area contributed by atoms with Gasteiger partial charge in [-0.1, -0.05) is 12.1 Å². The summed E-state index contributed by atoms with van der Waals surface area (Å²) in [6.07, 6.45) is -16.1. The molecule has 8 atom stereocenters. The number of alkyl halides is 3. The van der Waals surface area contributed by atoms with Crippen LogP contribution in [0.4, 0.5) is 18.9 Å². The summed E-state index contributed by atoms with van der Waals surface area (Å²) in [6.45, 7) is 1.32. The van der Waals surface area contributed by atoms with Crippen LogP contribution in [0.15, 0.2) is 82.2 Å². The lowest BCUT2D eigenvalue weighted by Gasteiger charge is -2.34. The average molecular weight is 794 g/mol. The van der Waals surface area contributed by atoms with Crippen LogP contribution in [0.1, 0.15) is 24.6 Å². The van der Waals surface area contributed by atoms with E-state index in [2.05, 4.69) is 15.0 Å². The molecule has 3 aromatic rings. The molecule has 0 saturated carbocycles. The van der Waals surface area contributed by atoms with Crippen molar-refractivity contribution >= 4 is 17.5 Å². The number of nitrogens with one attached hydrogen (secondary N) is 2. The largest absolute Gasteiger partial charge is 0.573 e. The summed E-state index contributed by atoms with van der Waals surface area (Å²) in [5, 5.41) is 45.0. The number of benzene rings is 2. The molecule has 2 saturated heterocycles. The number of anilines is 1. The molecule has 21 heteroatoms. The van der Waals surface area contributed by atoms with E-state index in [1.165, 1.54) is 24.3 Å². The van der Waals surface area contributed by atoms with E-state index in [0.29, 0.717) is 37.2 Å². The molecule has 0 bridgehead atoms. The standard InChI is InChI=1S/C35H38F3N5O13/c36-35(37,38)56-21-7-5-19(6-8-21)52-20-9-12-42(13-10-20)18-3-1-17(2-4-18)16-40-31(50)23-15-22(44)25(46)33(53-23)55-29(30(39)49)28-26(47)27(48)32(54-28)43-14-11-24(45)41-34(43)51/h1-8,11,14-15,20,22,25-29,32-33,44,46-48H,9-10,12-13,16H2,(H2,39,49)(H,40,50)(H,41,45,51)/t22-,25-,26-,27+,28-,29+,32+,33+/m0/s1. The van der Waals surface area contributed by atoms with Gasteiger partial charge in [0.1, 0.15) is 48.1 Å². The SMILES string of the molecule is NC(=O)[C@H](O[C@H]1OC(C(=O)NCc2ccc(N3CCC(Oc4ccc(OC(F)(F)F)cc4)CC3)cc2)=C[C@H](O)[C@@H]1O)[C@H]1O[C@@H](n2ccc(=O)[nH]c2=O)[C@H](O)[C@@H]1O. The van der Waals surface area contributed by atoms with Gasteiger partial charge in [0.05, 0.1) is 0 Å². The highest BCUT2D eigenvalue weighted by molar-refractivity contribution is 5.91. The Labute approximate surface area is 314 Å². The maximum atomic E-state index is 13.1. The molecule has 6 rings (SSSR count). The fraction of sp³-hybridized carbons (Fsp3) is 0.429. The maximum absolute atomic E-state index is 13.1. The van der Waals surface area contributed by atoms with Crippen molar-refractivity contribution < 1.29 is 66.9 Å². The number of primary amides is 1. The number of H-pyrrole nitrogens is 1. The molecule has 302 valence electrons. The molecule has 0 spiro atoms. The number of aromatic amines is 1. The minimum atomic E-state index is -4.78. The first-order valence-electron chi connectivity index (χ1n) is 17.2. The molecular formula is C35H38F3N5O13. The Hall–Kier alpha value is -5.45. The summed E-state index contributed by atoms with van der Waals surface area (Å²) < 4.78 is 64.4. The topological polar surface area (TPSA) is 257 Å². The maximum Gasteiger partial charge on any atom is 0.573 e. The molecule has 0 radical (unpaired) electrons. The van der Waals surface area contributed by atoms with E-state index in [1.807, 2.05) is 17.1 Å². The molecule has 2 aromatic carbocycles. The smallest absolute Gasteiger partial charge is 0.490 e. The van der Waals surface area contributed by atoms with E-state index >= 15 is 0 Å². The van der Waals surface area contributed by atoms with Crippen molar-refractivity contribution in [1.29, 1.82) is 0 Å². The zero-order valence-electron chi connectivity index (χ0n) is 29.2. The van der Waals surface area contributed by atoms with Gasteiger partial charge in [0, 0.05) is 50.4 Å². The Kier molecular flexibility index (Phi) is 12.0. The monoisotopic (exact) mass is 793 g/mol. The number of hydrogen-bond donors (Lipinski definition) is 7. The number of nitrogens with zero attached hydrogens (tertiary/aromatic N) is 2. The number of nitrogens with two attached hydrogens (primary N) is 1. The van der Waals surface area contributed by atoms with Gasteiger partial charge >= 0.3 is 12.1 Å². The highest BCUT2D eigenvalue weighted by Crippen LogP contribution is 2.33. The van der Waals surface area contributed by atoms with E-state index < -0.39 is 84.3 Å². The minimum absolute atomic E-state index is 0.0160. The van der Waals surface area contributed by atoms with Crippen molar-refractivity contribution in [2.45, 2.75) is 81.0 Å². The molecule has 18 nitrogen and oxygen atoms in total. The number of aliphatic hydroxyl groups is 4. The molecule has 8 N–H and O–H groups in total. The number of hydrogen-bond acceptors (Lipinski definition) is 14. The summed E-state index contributed by atoms with van der Waals surface area (Å²) in [5.74, 6) is -2.46. The predicted molar refractivity (Wildman–Crippen MR) is 184 cm³/mol. The van der Waals surface area contributed by atoms with E-state index in [-0.39, 0.29) is 18.4 Å². The molecule has 2 amide bonds. The van der Waals surface area contributed by atoms with E-state index in [4.69, 9.17) is 24.7 Å². The number of carbonyl (C=O) groups is 2. The average Bonchev–Trinajstić information content (AvgIpc) is 3.44. The third-order valence-corrected chi connectivity index (χ3v) is 9.23. The van der Waals surface area contributed by atoms with Gasteiger partial charge in [-0.15, -0.1) is 13.2 Å². The van der Waals surface area contributed by atoms with Crippen molar-refractivity contribution in [3.8, 4) is 11.5 Å². The second-order valence-corrected chi connectivity index (χ2v) is 13.1. The van der Waals surface area contributed by atoms with Crippen LogP contribution in [0, 0.1) is 0 Å². The number of carbonyl (C=O) groups excluding carboxylic acids is 2. The predicted octanol–water partition coefficient (Wildman–Crippen LogP) is -0.749. The van der Waals surface area contributed by atoms with Crippen LogP contribution in [0.25, 0.3) is 0 Å². The molecular weight excluding hydrogens is 755 g/mol. The molecule has 0 unspecified atom stereocenters. The fourth-order valence-corrected chi connectivity index (χ4v) is 6.37. The number of aliphatic hydroxyl groups excluding tert-OH is 4. The molecule has 4 heterocycles. The summed E-state index contributed by atoms with van der Waals surface area (Å²) in [7, 11) is 0. The highest BCUT2D eigenvalue weighted by atomic mass is 19.4. The van der Waals surface area contributed by atoms with Gasteiger partial charge in [0.2, 0.25) is 12.2 Å². The Morgan fingerprint density at radius 1 is 0.946 bits per heavy atom. The van der Waals surface area contributed by atoms with E-state index in [1.54, 1.807) is 12.1 Å². The van der Waals surface area contributed by atoms with Crippen molar-refractivity contribution in [3.05, 3.63) is 99.0 Å². The summed E-state index contributed by atoms with van der Waals surface area (Å²) in [4.78, 5) is 53.3. The fourth-order valence-electron chi connectivity index (χ4n) is 6.37. The zero-order chi connectivity index (χ0) is 40.3. The Balaban J connectivity index is 0.998. The van der Waals surface area contributed by atoms with Gasteiger partial charge in [-0.05, 0) is 48.0 Å². The van der Waals surface area contributed by atoms with E-state index in [0.717, 1.165) is 28.6 Å². The lowest BCUT2D eigenvalue weighted by atomic mass is 10.0. The van der Waals surface area contributed by atoms with Gasteiger partial charge in [0.15, 0.2) is 18.1 Å². The van der Waals surface area contributed by atoms with Crippen LogP contribution in [0.3, 0.4) is 0 Å². The number of ether oxygens (including phenoxy) is 5. The minimum Gasteiger partial charge on any atom is -0.490 e. The first kappa shape index (κ1) is 40.2. The number of amides is 2. The molecule has 0 aliphatic carbocycles. The Bertz CT molecular complexity index is 2000. The Morgan fingerprint density at radius 2 is 1.61 bits per heavy atom. The number of rotatable bonds is 12. The third kappa shape index (κ3) is 9.49. The number of halogens is 3. The normalized spacial score (nSPS) is 26.2. The second kappa shape index (κ2) is 16.7. The molecule has 56 heavy (non-hydrogen) atoms. The van der Waals surface area contributed by atoms with Crippen LogP contribution >= 0.6 is 0 Å². The number of piperidine rings is 1. The third-order valence-electron chi connectivity index (χ3n) is 9.23. The molecule has 2 fully saturated rings. The summed E-state index contributed by atoms with van der Waals surface area (Å²) >= 11 is 0. The lowest BCUT2D eigenvalue weighted by Crippen LogP contribution is -2.53. The van der Waals surface area contributed by atoms with Gasteiger partial charge < -0.3 is 60.1 Å². The first-order valence-corrected chi connectivity index (χ1v) is 17.2. The van der Waals surface area contributed by atoms with Crippen LogP contribution in [-0.2, 0) is 30.3 Å². The van der Waals surface area contributed by atoms with Crippen LogP contribution < -0.4 is 36.7 Å². The van der Waals surface area contributed by atoms with Crippen LogP contribution in [0.5, 0.6) is 11.5 Å². The summed E-state index contributed by atoms with van der Waals surface area (Å²) in [6, 6.07) is 13.5. The van der Waals surface area contributed by atoms with Crippen LogP contribution in [-0.4, -0.2) is 110 Å². The highest BCUT2D eigenvalue weighted by Gasteiger charge is 2.51. The van der Waals surface area contributed by atoms with Crippen molar-refractivity contribution in [2.24, 2.45) is 5.73 Å². The first-order chi connectivity index (χ1) is 26.6. The van der Waals surface area contributed by atoms with Gasteiger partial charge in [-0.2, -0.15) is 0 Å². The van der Waals surface area contributed by atoms with Gasteiger partial charge in [0.25, 0.3) is 11.5 Å². The summed E-state index contributed by atoms with van der Waals surface area (Å²) in [5.41, 5.74) is 5.36. The van der Waals surface area contributed by atoms with Crippen molar-refractivity contribution in [1.82, 2.24) is 14.9 Å². The Morgan fingerprint density at radius 3 is 2.23 bits per heavy atom. The van der Waals surface area contributed by atoms with Gasteiger partial charge in [-0.25, -0.2) is 4.79 Å². The second-order valence-electron chi connectivity index (χ2n) is 13.1. The lowest BCUT2D eigenvalue weighted by molar-refractivity contribution is -0.274. The molecule has 3 aliphatic rings. The molecule has 1 aromatic heterocycles. The molecule has 3 aliphatic heterocycles. The van der Waals surface area contributed by atoms with E-state index in [9.17, 15) is 52.8 Å². The van der Waals surface area contributed by atoms with Crippen molar-refractivity contribution in [3.63, 3.8) is 0 Å². The quantitative estimate of drug-likeness (QED) is 0.119. The van der Waals surface area contributed by atoms with Gasteiger partial charge in [-0.3, -0.25) is 23.9 Å².